The van der Waals surface area contributed by atoms with E-state index in [2.05, 4.69) is 40.5 Å². The highest BCUT2D eigenvalue weighted by molar-refractivity contribution is 5.90. The Morgan fingerprint density at radius 2 is 1.53 bits per heavy atom. The third kappa shape index (κ3) is 1.31. The first-order valence-electron chi connectivity index (χ1n) is 4.99. The van der Waals surface area contributed by atoms with Crippen molar-refractivity contribution in [2.45, 2.75) is 0 Å². The summed E-state index contributed by atoms with van der Waals surface area (Å²) in [5.41, 5.74) is 3.48. The van der Waals surface area contributed by atoms with Gasteiger partial charge in [-0.2, -0.15) is 5.10 Å². The van der Waals surface area contributed by atoms with Crippen LogP contribution in [0.15, 0.2) is 54.6 Å². The molecular formula is C13H11N2+. The molecule has 0 saturated carbocycles. The molecule has 0 unspecified atom stereocenters. The second-order valence-electron chi connectivity index (χ2n) is 3.54. The topological polar surface area (TPSA) is 29.9 Å². The standard InChI is InChI=1S/C13H10N2/c1-2-6-10(7-3-1)13-11-8-4-5-9-12(11)14-15-13/h1-9H,(H,14,15)/p+1. The van der Waals surface area contributed by atoms with Crippen molar-refractivity contribution in [1.29, 1.82) is 0 Å². The van der Waals surface area contributed by atoms with E-state index in [4.69, 9.17) is 0 Å². The van der Waals surface area contributed by atoms with Crippen LogP contribution in [0.25, 0.3) is 22.2 Å². The first kappa shape index (κ1) is 8.24. The van der Waals surface area contributed by atoms with E-state index in [1.807, 2.05) is 24.3 Å². The molecule has 72 valence electrons. The van der Waals surface area contributed by atoms with Crippen LogP contribution in [-0.4, -0.2) is 5.10 Å². The summed E-state index contributed by atoms with van der Waals surface area (Å²) >= 11 is 0. The van der Waals surface area contributed by atoms with Crippen LogP contribution in [0.2, 0.25) is 0 Å². The van der Waals surface area contributed by atoms with Crippen LogP contribution in [0.5, 0.6) is 0 Å². The normalized spacial score (nSPS) is 10.7. The van der Waals surface area contributed by atoms with Crippen LogP contribution in [0.4, 0.5) is 0 Å². The minimum Gasteiger partial charge on any atom is -0.167 e. The highest BCUT2D eigenvalue weighted by Crippen LogP contribution is 2.22. The molecule has 3 aromatic rings. The monoisotopic (exact) mass is 195 g/mol. The Kier molecular flexibility index (Phi) is 1.78. The van der Waals surface area contributed by atoms with E-state index in [0.29, 0.717) is 0 Å². The van der Waals surface area contributed by atoms with Crippen molar-refractivity contribution in [3.8, 4) is 11.3 Å². The fraction of sp³-hybridized carbons (Fsp3) is 0. The van der Waals surface area contributed by atoms with Gasteiger partial charge in [-0.1, -0.05) is 30.3 Å². The second-order valence-corrected chi connectivity index (χ2v) is 3.54. The lowest BCUT2D eigenvalue weighted by Gasteiger charge is -1.91. The van der Waals surface area contributed by atoms with E-state index in [9.17, 15) is 0 Å². The molecule has 0 aliphatic carbocycles. The molecule has 2 N–H and O–H groups in total. The van der Waals surface area contributed by atoms with Gasteiger partial charge in [-0.15, -0.1) is 5.10 Å². The van der Waals surface area contributed by atoms with Gasteiger partial charge >= 0.3 is 0 Å². The molecular weight excluding hydrogens is 184 g/mol. The number of fused-ring (bicyclic) bond motifs is 1. The maximum Gasteiger partial charge on any atom is 0.243 e. The second kappa shape index (κ2) is 3.24. The molecule has 0 spiro atoms. The minimum absolute atomic E-state index is 1.14. The SMILES string of the molecule is c1ccc(-c2[nH+][nH]c3ccccc23)cc1. The molecule has 0 radical (unpaired) electrons. The smallest absolute Gasteiger partial charge is 0.167 e. The van der Waals surface area contributed by atoms with Crippen LogP contribution in [-0.2, 0) is 0 Å². The molecule has 0 amide bonds. The Hall–Kier alpha value is -2.09. The van der Waals surface area contributed by atoms with E-state index in [-0.39, 0.29) is 0 Å². The van der Waals surface area contributed by atoms with E-state index >= 15 is 0 Å². The third-order valence-corrected chi connectivity index (χ3v) is 2.58. The molecule has 0 fully saturated rings. The van der Waals surface area contributed by atoms with Gasteiger partial charge in [0.25, 0.3) is 0 Å². The van der Waals surface area contributed by atoms with Crippen molar-refractivity contribution in [3.63, 3.8) is 0 Å². The number of hydrogen-bond donors (Lipinski definition) is 1. The lowest BCUT2D eigenvalue weighted by Crippen LogP contribution is -2.04. The summed E-state index contributed by atoms with van der Waals surface area (Å²) in [6.45, 7) is 0. The van der Waals surface area contributed by atoms with Crippen LogP contribution in [0, 0.1) is 0 Å². The van der Waals surface area contributed by atoms with Crippen molar-refractivity contribution in [3.05, 3.63) is 54.6 Å². The third-order valence-electron chi connectivity index (χ3n) is 2.58. The van der Waals surface area contributed by atoms with Crippen LogP contribution in [0.1, 0.15) is 0 Å². The zero-order chi connectivity index (χ0) is 10.1. The van der Waals surface area contributed by atoms with Gasteiger partial charge in [0.05, 0.1) is 5.39 Å². The van der Waals surface area contributed by atoms with E-state index in [1.54, 1.807) is 0 Å². The van der Waals surface area contributed by atoms with Gasteiger partial charge in [0.1, 0.15) is 5.52 Å². The van der Waals surface area contributed by atoms with Crippen molar-refractivity contribution >= 4 is 10.9 Å². The molecule has 2 aromatic carbocycles. The predicted octanol–water partition coefficient (Wildman–Crippen LogP) is 2.65. The number of rotatable bonds is 1. The summed E-state index contributed by atoms with van der Waals surface area (Å²) in [5.74, 6) is 0. The molecule has 1 heterocycles. The fourth-order valence-electron chi connectivity index (χ4n) is 1.84. The number of hydrogen-bond acceptors (Lipinski definition) is 0. The number of H-pyrrole nitrogens is 2. The zero-order valence-electron chi connectivity index (χ0n) is 8.20. The van der Waals surface area contributed by atoms with Crippen LogP contribution < -0.4 is 5.10 Å². The van der Waals surface area contributed by atoms with Crippen LogP contribution in [0.3, 0.4) is 0 Å². The van der Waals surface area contributed by atoms with Crippen molar-refractivity contribution < 1.29 is 5.10 Å². The Bertz CT molecular complexity index is 582. The average Bonchev–Trinajstić information content (AvgIpc) is 2.74. The van der Waals surface area contributed by atoms with Crippen molar-refractivity contribution in [1.82, 2.24) is 5.10 Å². The number of nitrogens with one attached hydrogen (secondary N) is 2. The molecule has 3 rings (SSSR count). The number of benzene rings is 2. The van der Waals surface area contributed by atoms with Crippen molar-refractivity contribution in [2.75, 3.05) is 0 Å². The maximum atomic E-state index is 3.20. The number of aromatic amines is 2. The van der Waals surface area contributed by atoms with Crippen molar-refractivity contribution in [2.24, 2.45) is 0 Å². The van der Waals surface area contributed by atoms with Crippen LogP contribution >= 0.6 is 0 Å². The summed E-state index contributed by atoms with van der Waals surface area (Å²) in [5, 5.41) is 7.59. The molecule has 2 heteroatoms. The predicted molar refractivity (Wildman–Crippen MR) is 60.3 cm³/mol. The Balaban J connectivity index is 2.28. The summed E-state index contributed by atoms with van der Waals surface area (Å²) in [6, 6.07) is 18.6. The Labute approximate surface area is 87.6 Å². The summed E-state index contributed by atoms with van der Waals surface area (Å²) < 4.78 is 0. The lowest BCUT2D eigenvalue weighted by atomic mass is 10.1. The van der Waals surface area contributed by atoms with Gasteiger partial charge in [-0.3, -0.25) is 0 Å². The summed E-state index contributed by atoms with van der Waals surface area (Å²) in [6.07, 6.45) is 0. The highest BCUT2D eigenvalue weighted by Gasteiger charge is 2.12. The van der Waals surface area contributed by atoms with E-state index in [1.165, 1.54) is 10.9 Å². The number of para-hydroxylation sites is 1. The molecule has 1 aromatic heterocycles. The molecule has 0 bridgehead atoms. The Morgan fingerprint density at radius 3 is 2.40 bits per heavy atom. The molecule has 0 aliphatic rings. The van der Waals surface area contributed by atoms with Gasteiger partial charge in [-0.25, -0.2) is 0 Å². The molecule has 0 saturated heterocycles. The van der Waals surface area contributed by atoms with Gasteiger partial charge in [0.15, 0.2) is 0 Å². The summed E-state index contributed by atoms with van der Waals surface area (Å²) in [7, 11) is 0. The average molecular weight is 195 g/mol. The van der Waals surface area contributed by atoms with E-state index < -0.39 is 0 Å². The zero-order valence-corrected chi connectivity index (χ0v) is 8.20. The maximum absolute atomic E-state index is 3.20. The van der Waals surface area contributed by atoms with Gasteiger partial charge in [0.2, 0.25) is 5.69 Å². The molecule has 15 heavy (non-hydrogen) atoms. The molecule has 2 nitrogen and oxygen atoms in total. The van der Waals surface area contributed by atoms with Gasteiger partial charge < -0.3 is 0 Å². The molecule has 0 aliphatic heterocycles. The first-order valence-corrected chi connectivity index (χ1v) is 4.99. The van der Waals surface area contributed by atoms with E-state index in [0.717, 1.165) is 11.2 Å². The minimum atomic E-state index is 1.14. The van der Waals surface area contributed by atoms with Gasteiger partial charge in [0, 0.05) is 5.56 Å². The summed E-state index contributed by atoms with van der Waals surface area (Å²) in [4.78, 5) is 0. The first-order chi connectivity index (χ1) is 7.45. The highest BCUT2D eigenvalue weighted by atomic mass is 15.1. The molecule has 0 atom stereocenters. The van der Waals surface area contributed by atoms with Gasteiger partial charge in [-0.05, 0) is 24.3 Å². The number of aromatic nitrogens is 2. The largest absolute Gasteiger partial charge is 0.243 e. The Morgan fingerprint density at radius 1 is 0.800 bits per heavy atom. The lowest BCUT2D eigenvalue weighted by molar-refractivity contribution is -0.434. The fourth-order valence-corrected chi connectivity index (χ4v) is 1.84. The quantitative estimate of drug-likeness (QED) is 0.618.